The van der Waals surface area contributed by atoms with Crippen molar-refractivity contribution in [1.82, 2.24) is 0 Å². The third-order valence-corrected chi connectivity index (χ3v) is 21.2. The van der Waals surface area contributed by atoms with Crippen molar-refractivity contribution in [2.45, 2.75) is 482 Å². The molecule has 0 aliphatic rings. The maximum Gasteiger partial charge on any atom is 0.306 e. The van der Waals surface area contributed by atoms with E-state index in [1.807, 2.05) is 21.1 Å². The lowest BCUT2D eigenvalue weighted by Crippen LogP contribution is -2.44. The van der Waals surface area contributed by atoms with Crippen LogP contribution < -0.4 is 5.11 Å². The molecule has 0 spiro atoms. The topological polar surface area (TPSA) is 111 Å². The first kappa shape index (κ1) is 103. The van der Waals surface area contributed by atoms with Crippen LogP contribution in [0.15, 0.2) is 72.9 Å². The molecule has 0 fully saturated rings. The third kappa shape index (κ3) is 88.0. The fourth-order valence-electron chi connectivity index (χ4n) is 14.2. The summed E-state index contributed by atoms with van der Waals surface area (Å²) < 4.78 is 22.9. The first-order chi connectivity index (χ1) is 52.1. The van der Waals surface area contributed by atoms with Crippen LogP contribution in [0.5, 0.6) is 0 Å². The Labute approximate surface area is 659 Å². The maximum absolute atomic E-state index is 13.0. The van der Waals surface area contributed by atoms with Gasteiger partial charge in [-0.05, 0) is 64.2 Å². The SMILES string of the molecule is CC/C=C\C/C=C\C/C=C\C/C=C\C/C=C\C/C=C\CCCCCCCCCCCCCCCCCCCCCCCCC(=O)OC(COC(=O)CCCCCCCCCCCCCCCCCCCCCCCCCCCCCCCCCCCCCCCCCC)COC(OCC[N+](C)(C)C)C(=O)[O-]. The van der Waals surface area contributed by atoms with E-state index >= 15 is 0 Å². The molecule has 2 unspecified atom stereocenters. The van der Waals surface area contributed by atoms with Crippen molar-refractivity contribution in [2.24, 2.45) is 0 Å². The van der Waals surface area contributed by atoms with Crippen molar-refractivity contribution in [1.29, 1.82) is 0 Å². The lowest BCUT2D eigenvalue weighted by Gasteiger charge is -2.26. The van der Waals surface area contributed by atoms with Gasteiger partial charge in [-0.15, -0.1) is 0 Å². The number of hydrogen-bond acceptors (Lipinski definition) is 8. The Morgan fingerprint density at radius 1 is 0.292 bits per heavy atom. The number of likely N-dealkylation sites (N-methyl/N-ethyl adjacent to an activating group) is 1. The molecule has 0 aliphatic carbocycles. The Bertz CT molecular complexity index is 1980. The number of allylic oxidation sites excluding steroid dienone is 12. The van der Waals surface area contributed by atoms with Crippen LogP contribution in [0.1, 0.15) is 470 Å². The number of ether oxygens (including phenoxy) is 4. The zero-order chi connectivity index (χ0) is 76.7. The largest absolute Gasteiger partial charge is 0.545 e. The quantitative estimate of drug-likeness (QED) is 0.0195. The summed E-state index contributed by atoms with van der Waals surface area (Å²) in [6.45, 7) is 4.72. The number of esters is 2. The fraction of sp³-hybridized carbons (Fsp3) is 0.845. The number of carbonyl (C=O) groups is 3. The second-order valence-electron chi connectivity index (χ2n) is 32.9. The molecule has 0 rings (SSSR count). The molecule has 0 aromatic heterocycles. The highest BCUT2D eigenvalue weighted by atomic mass is 16.7. The molecule has 0 heterocycles. The normalized spacial score (nSPS) is 12.9. The number of nitrogens with zero attached hydrogens (tertiary/aromatic N) is 1. The van der Waals surface area contributed by atoms with Gasteiger partial charge in [0.05, 0.1) is 40.3 Å². The highest BCUT2D eigenvalue weighted by molar-refractivity contribution is 5.70. The van der Waals surface area contributed by atoms with Gasteiger partial charge in [0, 0.05) is 12.8 Å². The second kappa shape index (κ2) is 87.3. The number of hydrogen-bond donors (Lipinski definition) is 0. The van der Waals surface area contributed by atoms with Gasteiger partial charge in [-0.3, -0.25) is 9.59 Å². The standard InChI is InChI=1S/C97H179NO8/c1-6-8-10-12-14-16-18-20-22-24-26-28-30-32-34-36-38-40-42-44-46-48-50-52-54-56-58-60-62-64-66-68-70-72-74-76-78-80-82-84-86-88-95(100)106-93(92-105-97(96(101)102)103-90-89-98(3,4)5)91-104-94(99)87-85-83-81-79-77-75-73-71-69-67-65-63-61-59-57-55-53-51-49-47-45-43-41-39-37-35-33-31-29-27-25-23-21-19-17-15-13-11-9-7-2/h8,10,14,16,20,22,26,28,32,34,38,40,93,97H,6-7,9,11-13,15,17-19,21,23-25,27,29-31,33,35-37,39,41-92H2,1-5H3/b10-8-,16-14-,22-20-,28-26-,34-32-,40-38-. The third-order valence-electron chi connectivity index (χ3n) is 21.2. The van der Waals surface area contributed by atoms with E-state index in [1.54, 1.807) is 0 Å². The lowest BCUT2D eigenvalue weighted by atomic mass is 10.0. The number of carboxylic acid groups (broad SMARTS) is 1. The second-order valence-corrected chi connectivity index (χ2v) is 32.9. The molecule has 9 heteroatoms. The van der Waals surface area contributed by atoms with Crippen LogP contribution in [0, 0.1) is 0 Å². The minimum Gasteiger partial charge on any atom is -0.545 e. The summed E-state index contributed by atoms with van der Waals surface area (Å²) in [6.07, 6.45) is 117. The van der Waals surface area contributed by atoms with Crippen LogP contribution in [0.2, 0.25) is 0 Å². The van der Waals surface area contributed by atoms with Crippen LogP contribution >= 0.6 is 0 Å². The molecule has 0 N–H and O–H groups in total. The Morgan fingerprint density at radius 3 is 0.802 bits per heavy atom. The fourth-order valence-corrected chi connectivity index (χ4v) is 14.2. The Kier molecular flexibility index (Phi) is 84.6. The Balaban J connectivity index is 3.88. The molecule has 0 radical (unpaired) electrons. The van der Waals surface area contributed by atoms with Gasteiger partial charge in [0.1, 0.15) is 13.2 Å². The van der Waals surface area contributed by atoms with Crippen molar-refractivity contribution in [3.05, 3.63) is 72.9 Å². The predicted octanol–water partition coefficient (Wildman–Crippen LogP) is 29.3. The summed E-state index contributed by atoms with van der Waals surface area (Å²) in [4.78, 5) is 37.7. The van der Waals surface area contributed by atoms with Crippen molar-refractivity contribution >= 4 is 17.9 Å². The summed E-state index contributed by atoms with van der Waals surface area (Å²) >= 11 is 0. The zero-order valence-electron chi connectivity index (χ0n) is 71.3. The van der Waals surface area contributed by atoms with E-state index in [4.69, 9.17) is 18.9 Å². The maximum atomic E-state index is 13.0. The van der Waals surface area contributed by atoms with Crippen LogP contribution in [0.4, 0.5) is 0 Å². The van der Waals surface area contributed by atoms with Gasteiger partial charge in [0.2, 0.25) is 0 Å². The van der Waals surface area contributed by atoms with Crippen LogP contribution in [-0.4, -0.2) is 82.3 Å². The first-order valence-corrected chi connectivity index (χ1v) is 46.6. The molecular formula is C97H179NO8. The monoisotopic (exact) mass is 1490 g/mol. The van der Waals surface area contributed by atoms with Crippen LogP contribution in [0.25, 0.3) is 0 Å². The van der Waals surface area contributed by atoms with E-state index in [1.165, 1.54) is 366 Å². The number of unbranched alkanes of at least 4 members (excludes halogenated alkanes) is 61. The number of quaternary nitrogens is 1. The highest BCUT2D eigenvalue weighted by Gasteiger charge is 2.22. The highest BCUT2D eigenvalue weighted by Crippen LogP contribution is 2.21. The molecule has 106 heavy (non-hydrogen) atoms. The molecule has 0 saturated heterocycles. The summed E-state index contributed by atoms with van der Waals surface area (Å²) in [6, 6.07) is 0. The number of rotatable bonds is 88. The molecule has 9 nitrogen and oxygen atoms in total. The molecular weight excluding hydrogens is 1310 g/mol. The van der Waals surface area contributed by atoms with Gasteiger partial charge in [0.15, 0.2) is 12.4 Å². The van der Waals surface area contributed by atoms with Gasteiger partial charge in [-0.1, -0.05) is 466 Å². The van der Waals surface area contributed by atoms with Gasteiger partial charge in [0.25, 0.3) is 0 Å². The average molecular weight is 1490 g/mol. The summed E-state index contributed by atoms with van der Waals surface area (Å²) in [5, 5.41) is 11.9. The molecule has 0 aromatic carbocycles. The molecule has 0 saturated carbocycles. The molecule has 0 aromatic rings. The van der Waals surface area contributed by atoms with Gasteiger partial charge >= 0.3 is 11.9 Å². The van der Waals surface area contributed by atoms with E-state index in [-0.39, 0.29) is 32.2 Å². The summed E-state index contributed by atoms with van der Waals surface area (Å²) in [5.74, 6) is -2.25. The summed E-state index contributed by atoms with van der Waals surface area (Å²) in [5.41, 5.74) is 0. The molecule has 0 aliphatic heterocycles. The van der Waals surface area contributed by atoms with E-state index in [0.717, 1.165) is 77.0 Å². The van der Waals surface area contributed by atoms with Gasteiger partial charge < -0.3 is 33.3 Å². The van der Waals surface area contributed by atoms with E-state index < -0.39 is 24.3 Å². The van der Waals surface area contributed by atoms with Crippen molar-refractivity contribution in [3.8, 4) is 0 Å². The van der Waals surface area contributed by atoms with E-state index in [2.05, 4.69) is 86.8 Å². The zero-order valence-corrected chi connectivity index (χ0v) is 71.3. The van der Waals surface area contributed by atoms with Gasteiger partial charge in [-0.2, -0.15) is 0 Å². The van der Waals surface area contributed by atoms with Crippen molar-refractivity contribution in [3.63, 3.8) is 0 Å². The predicted molar refractivity (Wildman–Crippen MR) is 458 cm³/mol. The molecule has 0 bridgehead atoms. The van der Waals surface area contributed by atoms with E-state index in [9.17, 15) is 19.5 Å². The minimum atomic E-state index is -1.62. The average Bonchev–Trinajstić information content (AvgIpc) is 0.935. The molecule has 2 atom stereocenters. The first-order valence-electron chi connectivity index (χ1n) is 46.6. The lowest BCUT2D eigenvalue weighted by molar-refractivity contribution is -0.870. The Hall–Kier alpha value is -3.27. The van der Waals surface area contributed by atoms with Crippen LogP contribution in [-0.2, 0) is 33.3 Å². The van der Waals surface area contributed by atoms with Crippen LogP contribution in [0.3, 0.4) is 0 Å². The Morgan fingerprint density at radius 2 is 0.538 bits per heavy atom. The van der Waals surface area contributed by atoms with Crippen molar-refractivity contribution < 1.29 is 42.9 Å². The smallest absolute Gasteiger partial charge is 0.306 e. The van der Waals surface area contributed by atoms with Crippen molar-refractivity contribution in [2.75, 3.05) is 47.5 Å². The van der Waals surface area contributed by atoms with E-state index in [0.29, 0.717) is 17.4 Å². The molecule has 620 valence electrons. The molecule has 0 amide bonds. The summed E-state index contributed by atoms with van der Waals surface area (Å²) in [7, 11) is 5.96. The number of carbonyl (C=O) groups excluding carboxylic acids is 3. The van der Waals surface area contributed by atoms with Gasteiger partial charge in [-0.25, -0.2) is 0 Å². The minimum absolute atomic E-state index is 0.150. The number of aliphatic carboxylic acids is 1. The number of carboxylic acids is 1.